The lowest BCUT2D eigenvalue weighted by atomic mass is 10.1. The van der Waals surface area contributed by atoms with Crippen molar-refractivity contribution in [2.24, 2.45) is 0 Å². The summed E-state index contributed by atoms with van der Waals surface area (Å²) in [6.45, 7) is 7.29. The van der Waals surface area contributed by atoms with Crippen LogP contribution in [-0.2, 0) is 26.2 Å². The summed E-state index contributed by atoms with van der Waals surface area (Å²) < 4.78 is 34.8. The number of hydrogen-bond donors (Lipinski definition) is 1. The third kappa shape index (κ3) is 7.96. The second-order valence-electron chi connectivity index (χ2n) is 9.99. The van der Waals surface area contributed by atoms with Crippen LogP contribution >= 0.6 is 23.2 Å². The molecule has 0 bridgehead atoms. The van der Waals surface area contributed by atoms with E-state index in [0.29, 0.717) is 28.6 Å². The minimum Gasteiger partial charge on any atom is -0.495 e. The number of aryl methyl sites for hydroxylation is 2. The molecule has 0 saturated heterocycles. The molecule has 8 nitrogen and oxygen atoms in total. The molecule has 0 aromatic heterocycles. The number of hydrogen-bond acceptors (Lipinski definition) is 5. The normalized spacial score (nSPS) is 12.0. The Morgan fingerprint density at radius 2 is 1.60 bits per heavy atom. The van der Waals surface area contributed by atoms with Gasteiger partial charge in [-0.3, -0.25) is 13.9 Å². The summed E-state index contributed by atoms with van der Waals surface area (Å²) in [5.41, 5.74) is 2.52. The molecule has 3 rings (SSSR count). The average Bonchev–Trinajstić information content (AvgIpc) is 2.96. The number of methoxy groups -OCH3 is 1. The number of carbonyl (C=O) groups is 2. The summed E-state index contributed by atoms with van der Waals surface area (Å²) in [5, 5.41) is 3.52. The Morgan fingerprint density at radius 3 is 2.19 bits per heavy atom. The molecule has 0 aliphatic rings. The molecular weight excluding hydrogens is 597 g/mol. The van der Waals surface area contributed by atoms with Crippen LogP contribution in [0.4, 0.5) is 5.69 Å². The van der Waals surface area contributed by atoms with Crippen molar-refractivity contribution < 1.29 is 22.7 Å². The number of carbonyl (C=O) groups excluding carboxylic acids is 2. The van der Waals surface area contributed by atoms with Crippen molar-refractivity contribution in [1.29, 1.82) is 0 Å². The maximum absolute atomic E-state index is 14.2. The predicted molar refractivity (Wildman–Crippen MR) is 168 cm³/mol. The van der Waals surface area contributed by atoms with E-state index in [4.69, 9.17) is 27.9 Å². The first-order chi connectivity index (χ1) is 19.9. The lowest BCUT2D eigenvalue weighted by Crippen LogP contribution is -2.52. The van der Waals surface area contributed by atoms with Crippen molar-refractivity contribution in [2.75, 3.05) is 24.5 Å². The summed E-state index contributed by atoms with van der Waals surface area (Å²) in [6, 6.07) is 15.6. The highest BCUT2D eigenvalue weighted by Gasteiger charge is 2.34. The van der Waals surface area contributed by atoms with Crippen molar-refractivity contribution in [2.45, 2.75) is 58.0 Å². The van der Waals surface area contributed by atoms with Crippen molar-refractivity contribution in [3.63, 3.8) is 0 Å². The smallest absolute Gasteiger partial charge is 0.264 e. The van der Waals surface area contributed by atoms with E-state index < -0.39 is 28.5 Å². The number of halogens is 2. The van der Waals surface area contributed by atoms with Crippen LogP contribution in [0, 0.1) is 13.8 Å². The summed E-state index contributed by atoms with van der Waals surface area (Å²) in [5.74, 6) is -0.611. The van der Waals surface area contributed by atoms with Gasteiger partial charge in [0, 0.05) is 13.1 Å². The van der Waals surface area contributed by atoms with Crippen molar-refractivity contribution in [3.8, 4) is 5.75 Å². The Kier molecular flexibility index (Phi) is 11.7. The third-order valence-corrected chi connectivity index (χ3v) is 9.28. The number of ether oxygens (including phenoxy) is 1. The fourth-order valence-electron chi connectivity index (χ4n) is 4.47. The SMILES string of the molecule is CCCNC(=O)C(CC)N(Cc1ccc(Cl)c(Cl)c1)C(=O)CN(c1cc(C)ccc1OC)S(=O)(=O)c1ccc(C)cc1. The minimum absolute atomic E-state index is 0.0111. The van der Waals surface area contributed by atoms with Crippen LogP contribution in [0.5, 0.6) is 5.75 Å². The van der Waals surface area contributed by atoms with Crippen LogP contribution in [0.25, 0.3) is 0 Å². The van der Waals surface area contributed by atoms with Gasteiger partial charge in [-0.15, -0.1) is 0 Å². The van der Waals surface area contributed by atoms with Gasteiger partial charge in [-0.2, -0.15) is 0 Å². The largest absolute Gasteiger partial charge is 0.495 e. The van der Waals surface area contributed by atoms with Crippen molar-refractivity contribution in [3.05, 3.63) is 87.4 Å². The number of sulfonamides is 1. The molecule has 1 unspecified atom stereocenters. The molecule has 226 valence electrons. The number of nitrogens with zero attached hydrogens (tertiary/aromatic N) is 2. The highest BCUT2D eigenvalue weighted by atomic mass is 35.5. The molecule has 42 heavy (non-hydrogen) atoms. The zero-order chi connectivity index (χ0) is 31.0. The summed E-state index contributed by atoms with van der Waals surface area (Å²) in [7, 11) is -2.80. The molecule has 3 aromatic rings. The van der Waals surface area contributed by atoms with Crippen LogP contribution in [-0.4, -0.2) is 51.4 Å². The second kappa shape index (κ2) is 14.8. The van der Waals surface area contributed by atoms with Crippen LogP contribution in [0.3, 0.4) is 0 Å². The maximum Gasteiger partial charge on any atom is 0.264 e. The minimum atomic E-state index is -4.23. The van der Waals surface area contributed by atoms with Gasteiger partial charge in [-0.25, -0.2) is 8.42 Å². The molecular formula is C31H37Cl2N3O5S. The lowest BCUT2D eigenvalue weighted by molar-refractivity contribution is -0.140. The van der Waals surface area contributed by atoms with E-state index in [9.17, 15) is 18.0 Å². The van der Waals surface area contributed by atoms with Crippen molar-refractivity contribution >= 4 is 50.7 Å². The summed E-state index contributed by atoms with van der Waals surface area (Å²) in [6.07, 6.45) is 1.03. The Bertz CT molecular complexity index is 1510. The first-order valence-corrected chi connectivity index (χ1v) is 15.9. The van der Waals surface area contributed by atoms with Gasteiger partial charge in [0.1, 0.15) is 18.3 Å². The topological polar surface area (TPSA) is 96.0 Å². The van der Waals surface area contributed by atoms with E-state index in [1.807, 2.05) is 20.8 Å². The van der Waals surface area contributed by atoms with Crippen LogP contribution < -0.4 is 14.4 Å². The Labute approximate surface area is 258 Å². The maximum atomic E-state index is 14.2. The molecule has 11 heteroatoms. The molecule has 0 aliphatic heterocycles. The Balaban J connectivity index is 2.13. The fourth-order valence-corrected chi connectivity index (χ4v) is 6.20. The molecule has 1 N–H and O–H groups in total. The van der Waals surface area contributed by atoms with Gasteiger partial charge < -0.3 is 15.0 Å². The first kappa shape index (κ1) is 33.2. The number of rotatable bonds is 13. The molecule has 2 amide bonds. The number of anilines is 1. The fraction of sp³-hybridized carbons (Fsp3) is 0.355. The standard InChI is InChI=1S/C31H37Cl2N3O5S/c1-6-16-34-31(38)27(7-2)35(19-23-11-14-25(32)26(33)18-23)30(37)20-36(28-17-22(4)10-15-29(28)41-5)42(39,40)24-12-8-21(3)9-13-24/h8-15,17-18,27H,6-7,16,19-20H2,1-5H3,(H,34,38). The Hall–Kier alpha value is -3.27. The van der Waals surface area contributed by atoms with Crippen molar-refractivity contribution in [1.82, 2.24) is 10.2 Å². The number of nitrogens with one attached hydrogen (secondary N) is 1. The monoisotopic (exact) mass is 633 g/mol. The number of amides is 2. The molecule has 0 heterocycles. The molecule has 1 atom stereocenters. The van der Waals surface area contributed by atoms with Gasteiger partial charge in [0.15, 0.2) is 0 Å². The molecule has 0 radical (unpaired) electrons. The zero-order valence-electron chi connectivity index (χ0n) is 24.5. The van der Waals surface area contributed by atoms with Gasteiger partial charge in [-0.05, 0) is 74.2 Å². The second-order valence-corrected chi connectivity index (χ2v) is 12.7. The molecule has 0 saturated carbocycles. The average molecular weight is 635 g/mol. The van der Waals surface area contributed by atoms with E-state index in [2.05, 4.69) is 5.32 Å². The van der Waals surface area contributed by atoms with Gasteiger partial charge in [-0.1, -0.05) is 66.9 Å². The van der Waals surface area contributed by atoms with Crippen LogP contribution in [0.2, 0.25) is 10.0 Å². The van der Waals surface area contributed by atoms with E-state index in [1.54, 1.807) is 55.5 Å². The van der Waals surface area contributed by atoms with Crippen LogP contribution in [0.15, 0.2) is 65.6 Å². The van der Waals surface area contributed by atoms with E-state index >= 15 is 0 Å². The molecule has 0 spiro atoms. The molecule has 3 aromatic carbocycles. The highest BCUT2D eigenvalue weighted by molar-refractivity contribution is 7.92. The van der Waals surface area contributed by atoms with Crippen LogP contribution in [0.1, 0.15) is 43.4 Å². The van der Waals surface area contributed by atoms with Gasteiger partial charge in [0.05, 0.1) is 27.7 Å². The summed E-state index contributed by atoms with van der Waals surface area (Å²) >= 11 is 12.4. The Morgan fingerprint density at radius 1 is 0.929 bits per heavy atom. The van der Waals surface area contributed by atoms with E-state index in [-0.39, 0.29) is 28.8 Å². The molecule has 0 fully saturated rings. The van der Waals surface area contributed by atoms with Gasteiger partial charge >= 0.3 is 0 Å². The number of benzene rings is 3. The highest BCUT2D eigenvalue weighted by Crippen LogP contribution is 2.34. The lowest BCUT2D eigenvalue weighted by Gasteiger charge is -2.33. The third-order valence-electron chi connectivity index (χ3n) is 6.76. The molecule has 0 aliphatic carbocycles. The quantitative estimate of drug-likeness (QED) is 0.244. The summed E-state index contributed by atoms with van der Waals surface area (Å²) in [4.78, 5) is 28.9. The predicted octanol–water partition coefficient (Wildman–Crippen LogP) is 6.15. The zero-order valence-corrected chi connectivity index (χ0v) is 26.8. The first-order valence-electron chi connectivity index (χ1n) is 13.7. The van der Waals surface area contributed by atoms with E-state index in [0.717, 1.165) is 21.9 Å². The van der Waals surface area contributed by atoms with E-state index in [1.165, 1.54) is 24.1 Å². The van der Waals surface area contributed by atoms with Gasteiger partial charge in [0.2, 0.25) is 11.8 Å². The van der Waals surface area contributed by atoms with Gasteiger partial charge in [0.25, 0.3) is 10.0 Å².